The Morgan fingerprint density at radius 3 is 1.65 bits per heavy atom. The number of carboxylic acid groups (broad SMARTS) is 2. The van der Waals surface area contributed by atoms with Crippen molar-refractivity contribution in [3.05, 3.63) is 0 Å². The fraction of sp³-hybridized carbons (Fsp3) is 0.851. The predicted octanol–water partition coefficient (Wildman–Crippen LogP) is 5.03. The van der Waals surface area contributed by atoms with Crippen LogP contribution < -0.4 is 21.7 Å². The molecule has 65 heavy (non-hydrogen) atoms. The minimum Gasteiger partial charge on any atom is -0.481 e. The average Bonchev–Trinajstić information content (AvgIpc) is 3.28. The van der Waals surface area contributed by atoms with Crippen LogP contribution in [0.3, 0.4) is 0 Å². The first-order valence-electron chi connectivity index (χ1n) is 24.3. The van der Waals surface area contributed by atoms with Gasteiger partial charge in [0.05, 0.1) is 39.6 Å². The van der Waals surface area contributed by atoms with Crippen molar-refractivity contribution in [3.8, 4) is 0 Å². The largest absolute Gasteiger partial charge is 0.481 e. The summed E-state index contributed by atoms with van der Waals surface area (Å²) in [4.78, 5) is 80.3. The van der Waals surface area contributed by atoms with Crippen LogP contribution in [0.15, 0.2) is 0 Å². The average molecular weight is 933 g/mol. The van der Waals surface area contributed by atoms with Crippen LogP contribution in [0.4, 0.5) is 0 Å². The third-order valence-electron chi connectivity index (χ3n) is 10.5. The minimum atomic E-state index is -1.11. The fourth-order valence-electron chi connectivity index (χ4n) is 6.61. The molecule has 0 bridgehead atoms. The van der Waals surface area contributed by atoms with Crippen molar-refractivity contribution in [3.63, 3.8) is 0 Å². The van der Waals surface area contributed by atoms with E-state index < -0.39 is 18.0 Å². The van der Waals surface area contributed by atoms with Gasteiger partial charge < -0.3 is 56.0 Å². The zero-order valence-electron chi connectivity index (χ0n) is 40.0. The Morgan fingerprint density at radius 2 is 1.09 bits per heavy atom. The van der Waals surface area contributed by atoms with Gasteiger partial charge in [-0.2, -0.15) is 0 Å². The lowest BCUT2D eigenvalue weighted by molar-refractivity contribution is -0.142. The number of methoxy groups -OCH3 is 1. The lowest BCUT2D eigenvalue weighted by Crippen LogP contribution is -2.41. The van der Waals surface area contributed by atoms with Gasteiger partial charge in [0.2, 0.25) is 17.7 Å². The molecule has 8 N–H and O–H groups in total. The van der Waals surface area contributed by atoms with Crippen molar-refractivity contribution in [2.75, 3.05) is 79.6 Å². The highest BCUT2D eigenvalue weighted by molar-refractivity contribution is 5.85. The Morgan fingerprint density at radius 1 is 0.538 bits per heavy atom. The lowest BCUT2D eigenvalue weighted by Gasteiger charge is -2.14. The number of aliphatic hydroxyl groups is 1. The summed E-state index contributed by atoms with van der Waals surface area (Å²) in [5, 5.41) is 35.0. The van der Waals surface area contributed by atoms with E-state index in [1.54, 1.807) is 14.0 Å². The molecule has 380 valence electrons. The Bertz CT molecular complexity index is 1230. The number of ether oxygens (including phenoxy) is 4. The molecule has 0 saturated heterocycles. The van der Waals surface area contributed by atoms with Crippen LogP contribution in [-0.2, 0) is 52.5 Å². The molecule has 0 spiro atoms. The molecule has 0 heterocycles. The van der Waals surface area contributed by atoms with Gasteiger partial charge in [-0.3, -0.25) is 28.8 Å². The second-order valence-corrected chi connectivity index (χ2v) is 16.2. The van der Waals surface area contributed by atoms with Gasteiger partial charge >= 0.3 is 11.9 Å². The summed E-state index contributed by atoms with van der Waals surface area (Å²) in [5.74, 6) is -2.54. The Kier molecular flexibility index (Phi) is 47.3. The Balaban J connectivity index is 0. The summed E-state index contributed by atoms with van der Waals surface area (Å²) >= 11 is 0. The molecule has 0 saturated carbocycles. The zero-order valence-corrected chi connectivity index (χ0v) is 40.0. The normalized spacial score (nSPS) is 11.8. The number of ketones is 2. The fourth-order valence-corrected chi connectivity index (χ4v) is 6.61. The predicted molar refractivity (Wildman–Crippen MR) is 248 cm³/mol. The molecule has 0 fully saturated rings. The zero-order chi connectivity index (χ0) is 48.6. The van der Waals surface area contributed by atoms with Crippen LogP contribution in [-0.4, -0.2) is 142 Å². The van der Waals surface area contributed by atoms with Gasteiger partial charge in [-0.1, -0.05) is 90.4 Å². The van der Waals surface area contributed by atoms with Crippen LogP contribution in [0.5, 0.6) is 0 Å². The number of carboxylic acids is 2. The maximum Gasteiger partial charge on any atom is 0.326 e. The first-order valence-corrected chi connectivity index (χ1v) is 24.3. The summed E-state index contributed by atoms with van der Waals surface area (Å²) in [6.07, 6.45) is 20.4. The molecule has 0 aliphatic rings. The molecule has 0 radical (unpaired) electrons. The number of aliphatic carboxylic acids is 2. The Labute approximate surface area is 388 Å². The van der Waals surface area contributed by atoms with E-state index in [1.165, 1.54) is 44.9 Å². The number of carbonyl (C=O) groups excluding carboxylic acids is 5. The second kappa shape index (κ2) is 48.4. The van der Waals surface area contributed by atoms with E-state index >= 15 is 0 Å². The van der Waals surface area contributed by atoms with Crippen molar-refractivity contribution in [2.24, 2.45) is 11.7 Å². The Hall–Kier alpha value is -3.55. The highest BCUT2D eigenvalue weighted by Crippen LogP contribution is 2.15. The summed E-state index contributed by atoms with van der Waals surface area (Å²) in [6, 6.07) is -1.03. The SMILES string of the molecule is CCC(=O)NCCOCCOCC(=O)NCCCC[C@H](CCO)C(=O)CN.COCCOCCCC(=O)CC[C@H](NC(=O)CCCCCCCCCCCCCCCCC(=O)O)C(=O)O. The molecule has 0 aliphatic carbocycles. The van der Waals surface area contributed by atoms with Crippen LogP contribution >= 0.6 is 0 Å². The number of nitrogens with two attached hydrogens (primary N) is 1. The van der Waals surface area contributed by atoms with E-state index in [2.05, 4.69) is 16.0 Å². The molecule has 0 rings (SSSR count). The highest BCUT2D eigenvalue weighted by atomic mass is 16.5. The monoisotopic (exact) mass is 933 g/mol. The van der Waals surface area contributed by atoms with E-state index in [9.17, 15) is 38.7 Å². The number of hydrogen-bond acceptors (Lipinski definition) is 13. The van der Waals surface area contributed by atoms with Crippen molar-refractivity contribution in [1.29, 1.82) is 0 Å². The van der Waals surface area contributed by atoms with Crippen molar-refractivity contribution in [2.45, 2.75) is 173 Å². The highest BCUT2D eigenvalue weighted by Gasteiger charge is 2.21. The van der Waals surface area contributed by atoms with Crippen molar-refractivity contribution < 1.29 is 67.8 Å². The summed E-state index contributed by atoms with van der Waals surface area (Å²) in [5.41, 5.74) is 5.36. The van der Waals surface area contributed by atoms with Gasteiger partial charge in [0.15, 0.2) is 0 Å². The van der Waals surface area contributed by atoms with E-state index in [1.807, 2.05) is 0 Å². The van der Waals surface area contributed by atoms with Crippen LogP contribution in [0.2, 0.25) is 0 Å². The van der Waals surface area contributed by atoms with E-state index in [0.717, 1.165) is 57.8 Å². The number of carbonyl (C=O) groups is 7. The molecule has 0 aromatic heterocycles. The number of Topliss-reactive ketones (excluding diaryl/α,β-unsaturated/α-hetero) is 2. The molecule has 18 nitrogen and oxygen atoms in total. The molecule has 0 aliphatic heterocycles. The smallest absolute Gasteiger partial charge is 0.326 e. The number of amides is 3. The van der Waals surface area contributed by atoms with Gasteiger partial charge in [-0.25, -0.2) is 4.79 Å². The molecule has 0 aromatic carbocycles. The van der Waals surface area contributed by atoms with Gasteiger partial charge in [0, 0.05) is 71.4 Å². The van der Waals surface area contributed by atoms with Gasteiger partial charge in [-0.05, 0) is 44.9 Å². The minimum absolute atomic E-state index is 0.00413. The van der Waals surface area contributed by atoms with E-state index in [0.29, 0.717) is 91.3 Å². The van der Waals surface area contributed by atoms with Gasteiger partial charge in [0.1, 0.15) is 24.2 Å². The van der Waals surface area contributed by atoms with E-state index in [4.69, 9.17) is 34.9 Å². The number of hydrogen-bond donors (Lipinski definition) is 7. The maximum absolute atomic E-state index is 12.2. The quantitative estimate of drug-likeness (QED) is 0.0394. The van der Waals surface area contributed by atoms with Crippen LogP contribution in [0, 0.1) is 5.92 Å². The second-order valence-electron chi connectivity index (χ2n) is 16.2. The summed E-state index contributed by atoms with van der Waals surface area (Å²) < 4.78 is 20.7. The summed E-state index contributed by atoms with van der Waals surface area (Å²) in [6.45, 7) is 5.23. The number of unbranched alkanes of at least 4 members (excludes halogenated alkanes) is 14. The molecule has 18 heteroatoms. The van der Waals surface area contributed by atoms with Crippen LogP contribution in [0.25, 0.3) is 0 Å². The number of aliphatic hydroxyl groups excluding tert-OH is 1. The topological polar surface area (TPSA) is 279 Å². The molecule has 2 atom stereocenters. The maximum atomic E-state index is 12.2. The third-order valence-corrected chi connectivity index (χ3v) is 10.5. The molecule has 0 aromatic rings. The third kappa shape index (κ3) is 46.8. The molecular weight excluding hydrogens is 845 g/mol. The first kappa shape index (κ1) is 63.5. The molecule has 0 unspecified atom stereocenters. The van der Waals surface area contributed by atoms with Crippen molar-refractivity contribution in [1.82, 2.24) is 16.0 Å². The van der Waals surface area contributed by atoms with E-state index in [-0.39, 0.29) is 74.2 Å². The molecular formula is C47H88N4O14. The lowest BCUT2D eigenvalue weighted by atomic mass is 9.94. The number of rotatable bonds is 47. The molecule has 3 amide bonds. The summed E-state index contributed by atoms with van der Waals surface area (Å²) in [7, 11) is 1.59. The first-order chi connectivity index (χ1) is 31.4. The number of nitrogens with one attached hydrogen (secondary N) is 3. The van der Waals surface area contributed by atoms with Gasteiger partial charge in [0.25, 0.3) is 0 Å². The van der Waals surface area contributed by atoms with Crippen LogP contribution in [0.1, 0.15) is 167 Å². The van der Waals surface area contributed by atoms with Crippen molar-refractivity contribution >= 4 is 41.2 Å². The standard InChI is InChI=1S/C29H53NO8.C18H35N3O6/c1-37-23-24-38-22-16-17-25(31)20-21-26(29(35)36)30-27(32)18-14-12-10-8-6-4-2-3-5-7-9-11-13-15-19-28(33)34;1-2-17(24)21-8-10-26-11-12-27-14-18(25)20-7-4-3-5-15(6-9-22)16(23)13-19/h26H,2-24H2,1H3,(H,30,32)(H,33,34)(H,35,36);15,22H,2-14,19H2,1H3,(H,20,25)(H,21,24)/t26-;15-/m01/s1. The van der Waals surface area contributed by atoms with Gasteiger partial charge in [-0.15, -0.1) is 0 Å².